The lowest BCUT2D eigenvalue weighted by Gasteiger charge is -2.06. The zero-order valence-corrected chi connectivity index (χ0v) is 17.5. The molecule has 0 atom stereocenters. The molecule has 3 aromatic heterocycles. The van der Waals surface area contributed by atoms with E-state index in [1.165, 1.54) is 47.3 Å². The average Bonchev–Trinajstić information content (AvgIpc) is 3.40. The molecule has 0 aliphatic rings. The van der Waals surface area contributed by atoms with Crippen molar-refractivity contribution in [3.05, 3.63) is 74.5 Å². The third-order valence-corrected chi connectivity index (χ3v) is 5.54. The SMILES string of the molecule is Cn1ncc2c(NC(=O)c3ccc([N+](=O)[O-])s3)nc(/C=C/c3ccc(C(F)(F)F)cc3)nc21. The van der Waals surface area contributed by atoms with Crippen molar-refractivity contribution in [2.75, 3.05) is 5.32 Å². The lowest BCUT2D eigenvalue weighted by molar-refractivity contribution is -0.380. The van der Waals surface area contributed by atoms with Crippen molar-refractivity contribution in [3.63, 3.8) is 0 Å². The molecule has 9 nitrogen and oxygen atoms in total. The van der Waals surface area contributed by atoms with Crippen molar-refractivity contribution in [1.82, 2.24) is 19.7 Å². The molecule has 168 valence electrons. The van der Waals surface area contributed by atoms with Gasteiger partial charge in [0.15, 0.2) is 11.5 Å². The number of thiophene rings is 1. The maximum Gasteiger partial charge on any atom is 0.416 e. The third-order valence-electron chi connectivity index (χ3n) is 4.50. The monoisotopic (exact) mass is 474 g/mol. The van der Waals surface area contributed by atoms with Gasteiger partial charge >= 0.3 is 11.2 Å². The Balaban J connectivity index is 1.63. The molecule has 1 amide bonds. The Morgan fingerprint density at radius 3 is 2.52 bits per heavy atom. The Bertz CT molecular complexity index is 1390. The number of hydrogen-bond donors (Lipinski definition) is 1. The van der Waals surface area contributed by atoms with Crippen molar-refractivity contribution >= 4 is 51.2 Å². The lowest BCUT2D eigenvalue weighted by Crippen LogP contribution is -2.12. The number of alkyl halides is 3. The summed E-state index contributed by atoms with van der Waals surface area (Å²) in [6, 6.07) is 7.14. The fourth-order valence-electron chi connectivity index (χ4n) is 2.88. The van der Waals surface area contributed by atoms with Crippen molar-refractivity contribution in [1.29, 1.82) is 0 Å². The highest BCUT2D eigenvalue weighted by atomic mass is 32.1. The van der Waals surface area contributed by atoms with Crippen LogP contribution in [0.2, 0.25) is 0 Å². The summed E-state index contributed by atoms with van der Waals surface area (Å²) >= 11 is 0.724. The number of aryl methyl sites for hydroxylation is 1. The number of carbonyl (C=O) groups excluding carboxylic acids is 1. The van der Waals surface area contributed by atoms with Crippen LogP contribution in [0.15, 0.2) is 42.6 Å². The number of hydrogen-bond acceptors (Lipinski definition) is 7. The number of fused-ring (bicyclic) bond motifs is 1. The largest absolute Gasteiger partial charge is 0.416 e. The van der Waals surface area contributed by atoms with Crippen LogP contribution >= 0.6 is 11.3 Å². The first-order valence-corrected chi connectivity index (χ1v) is 10.0. The number of anilines is 1. The Morgan fingerprint density at radius 2 is 1.88 bits per heavy atom. The molecule has 0 unspecified atom stereocenters. The molecule has 0 saturated carbocycles. The minimum absolute atomic E-state index is 0.124. The number of benzene rings is 1. The Hall–Kier alpha value is -4.13. The van der Waals surface area contributed by atoms with Crippen molar-refractivity contribution in [3.8, 4) is 0 Å². The molecular weight excluding hydrogens is 461 g/mol. The summed E-state index contributed by atoms with van der Waals surface area (Å²) in [7, 11) is 1.65. The van der Waals surface area contributed by atoms with Crippen molar-refractivity contribution in [2.45, 2.75) is 6.18 Å². The second kappa shape index (κ2) is 8.43. The molecule has 1 N–H and O–H groups in total. The van der Waals surface area contributed by atoms with Gasteiger partial charge in [0.1, 0.15) is 5.82 Å². The zero-order valence-electron chi connectivity index (χ0n) is 16.7. The Kier molecular flexibility index (Phi) is 5.64. The summed E-state index contributed by atoms with van der Waals surface area (Å²) in [5.74, 6) is -0.269. The maximum atomic E-state index is 12.7. The van der Waals surface area contributed by atoms with Crippen LogP contribution in [0.4, 0.5) is 24.0 Å². The van der Waals surface area contributed by atoms with Crippen molar-refractivity contribution in [2.24, 2.45) is 7.05 Å². The molecule has 0 saturated heterocycles. The molecule has 13 heteroatoms. The van der Waals surface area contributed by atoms with Crippen LogP contribution < -0.4 is 5.32 Å². The summed E-state index contributed by atoms with van der Waals surface area (Å²) in [6.45, 7) is 0. The summed E-state index contributed by atoms with van der Waals surface area (Å²) < 4.78 is 39.6. The van der Waals surface area contributed by atoms with Crippen molar-refractivity contribution < 1.29 is 22.9 Å². The number of nitrogens with one attached hydrogen (secondary N) is 1. The van der Waals surface area contributed by atoms with Gasteiger partial charge in [-0.25, -0.2) is 9.97 Å². The fourth-order valence-corrected chi connectivity index (χ4v) is 3.60. The number of amides is 1. The van der Waals surface area contributed by atoms with Crippen LogP contribution in [0.3, 0.4) is 0 Å². The summed E-state index contributed by atoms with van der Waals surface area (Å²) in [4.78, 5) is 31.6. The standard InChI is InChI=1S/C20H13F3N6O3S/c1-28-18-13(10-24-28)17(27-19(30)14-7-9-16(33-14)29(31)32)25-15(26-18)8-4-11-2-5-12(6-3-11)20(21,22)23/h2-10H,1H3,(H,25,26,27,30)/b8-4+. The maximum absolute atomic E-state index is 12.7. The van der Waals surface area contributed by atoms with E-state index in [-0.39, 0.29) is 21.5 Å². The quantitative estimate of drug-likeness (QED) is 0.329. The predicted molar refractivity (Wildman–Crippen MR) is 116 cm³/mol. The van der Waals surface area contributed by atoms with Crippen LogP contribution in [0.25, 0.3) is 23.2 Å². The van der Waals surface area contributed by atoms with Gasteiger partial charge in [-0.2, -0.15) is 18.3 Å². The molecule has 0 radical (unpaired) electrons. The number of nitrogens with zero attached hydrogens (tertiary/aromatic N) is 5. The molecule has 33 heavy (non-hydrogen) atoms. The fraction of sp³-hybridized carbons (Fsp3) is 0.100. The van der Waals surface area contributed by atoms with Gasteiger partial charge in [0.25, 0.3) is 5.91 Å². The van der Waals surface area contributed by atoms with E-state index in [1.54, 1.807) is 7.05 Å². The first kappa shape index (κ1) is 22.1. The van der Waals surface area contributed by atoms with Gasteiger partial charge in [-0.05, 0) is 29.8 Å². The summed E-state index contributed by atoms with van der Waals surface area (Å²) in [5, 5.41) is 17.9. The molecule has 0 spiro atoms. The van der Waals surface area contributed by atoms with E-state index < -0.39 is 22.6 Å². The lowest BCUT2D eigenvalue weighted by atomic mass is 10.1. The average molecular weight is 474 g/mol. The third kappa shape index (κ3) is 4.72. The van der Waals surface area contributed by atoms with E-state index in [9.17, 15) is 28.1 Å². The van der Waals surface area contributed by atoms with Gasteiger partial charge < -0.3 is 5.32 Å². The second-order valence-electron chi connectivity index (χ2n) is 6.74. The molecule has 1 aromatic carbocycles. The number of carbonyl (C=O) groups is 1. The molecule has 3 heterocycles. The first-order valence-electron chi connectivity index (χ1n) is 9.22. The second-order valence-corrected chi connectivity index (χ2v) is 7.80. The van der Waals surface area contributed by atoms with Gasteiger partial charge in [-0.3, -0.25) is 19.6 Å². The normalized spacial score (nSPS) is 11.9. The minimum atomic E-state index is -4.42. The predicted octanol–water partition coefficient (Wildman–Crippen LogP) is 4.77. The van der Waals surface area contributed by atoms with Gasteiger partial charge in [0.2, 0.25) is 0 Å². The van der Waals surface area contributed by atoms with Crippen LogP contribution in [-0.4, -0.2) is 30.6 Å². The van der Waals surface area contributed by atoms with Gasteiger partial charge in [-0.15, -0.1) is 0 Å². The van der Waals surface area contributed by atoms with Crippen LogP contribution in [0.1, 0.15) is 26.6 Å². The molecule has 0 aliphatic carbocycles. The minimum Gasteiger partial charge on any atom is -0.305 e. The molecule has 0 bridgehead atoms. The molecular formula is C20H13F3N6O3S. The summed E-state index contributed by atoms with van der Waals surface area (Å²) in [5.41, 5.74) is 0.142. The van der Waals surface area contributed by atoms with Crippen LogP contribution in [0.5, 0.6) is 0 Å². The Labute approximate surface area is 187 Å². The molecule has 0 aliphatic heterocycles. The zero-order chi connectivity index (χ0) is 23.8. The number of rotatable bonds is 5. The smallest absolute Gasteiger partial charge is 0.305 e. The van der Waals surface area contributed by atoms with Gasteiger partial charge in [-0.1, -0.05) is 29.5 Å². The number of aromatic nitrogens is 4. The highest BCUT2D eigenvalue weighted by Crippen LogP contribution is 2.29. The van der Waals surface area contributed by atoms with E-state index in [4.69, 9.17) is 0 Å². The topological polar surface area (TPSA) is 116 Å². The molecule has 0 fully saturated rings. The Morgan fingerprint density at radius 1 is 1.15 bits per heavy atom. The highest BCUT2D eigenvalue weighted by molar-refractivity contribution is 7.17. The van der Waals surface area contributed by atoms with E-state index in [0.29, 0.717) is 16.6 Å². The number of halogens is 3. The van der Waals surface area contributed by atoms with Crippen LogP contribution in [0, 0.1) is 10.1 Å². The first-order chi connectivity index (χ1) is 15.6. The summed E-state index contributed by atoms with van der Waals surface area (Å²) in [6.07, 6.45) is 0.0593. The highest BCUT2D eigenvalue weighted by Gasteiger charge is 2.29. The van der Waals surface area contributed by atoms with E-state index in [0.717, 1.165) is 23.5 Å². The van der Waals surface area contributed by atoms with E-state index in [2.05, 4.69) is 20.4 Å². The van der Waals surface area contributed by atoms with Crippen LogP contribution in [-0.2, 0) is 13.2 Å². The number of nitro groups is 1. The van der Waals surface area contributed by atoms with E-state index in [1.807, 2.05) is 0 Å². The van der Waals surface area contributed by atoms with E-state index >= 15 is 0 Å². The van der Waals surface area contributed by atoms with Gasteiger partial charge in [0, 0.05) is 13.1 Å². The van der Waals surface area contributed by atoms with Gasteiger partial charge in [0.05, 0.1) is 26.9 Å². The molecule has 4 rings (SSSR count). The molecule has 4 aromatic rings.